The fraction of sp³-hybridized carbons (Fsp3) is 0.286. The summed E-state index contributed by atoms with van der Waals surface area (Å²) in [4.78, 5) is 58.2. The average Bonchev–Trinajstić information content (AvgIpc) is 3.27. The van der Waals surface area contributed by atoms with Gasteiger partial charge in [-0.1, -0.05) is 50.2 Å². The van der Waals surface area contributed by atoms with Crippen LogP contribution in [0.4, 0.5) is 11.4 Å². The van der Waals surface area contributed by atoms with E-state index in [9.17, 15) is 19.2 Å². The molecule has 0 radical (unpaired) electrons. The molecule has 3 aliphatic rings. The Balaban J connectivity index is 1.91. The standard InChI is InChI=1S/C28H28N4O5/c1-5-37-26(35)20-23(29)32(17-11-7-6-8-12-17)22-19(24(33)31(25(22)34)14-15(2)3)28(20)18-13-9-10-16(4)21(18)30-27(28)36/h6-13,15H,5,14,29H2,1-4H3,(H,30,36)/t28-/m0/s1. The molecule has 3 aliphatic heterocycles. The summed E-state index contributed by atoms with van der Waals surface area (Å²) in [6.07, 6.45) is 0. The Kier molecular flexibility index (Phi) is 5.66. The number of para-hydroxylation sites is 2. The molecule has 1 spiro atoms. The Morgan fingerprint density at radius 1 is 1.05 bits per heavy atom. The molecule has 3 heterocycles. The van der Waals surface area contributed by atoms with Crippen molar-refractivity contribution < 1.29 is 23.9 Å². The van der Waals surface area contributed by atoms with E-state index in [4.69, 9.17) is 10.5 Å². The molecular weight excluding hydrogens is 472 g/mol. The van der Waals surface area contributed by atoms with E-state index in [1.165, 1.54) is 4.90 Å². The van der Waals surface area contributed by atoms with Crippen LogP contribution in [0.3, 0.4) is 0 Å². The highest BCUT2D eigenvalue weighted by atomic mass is 16.5. The summed E-state index contributed by atoms with van der Waals surface area (Å²) in [6, 6.07) is 14.0. The lowest BCUT2D eigenvalue weighted by Crippen LogP contribution is -2.51. The highest BCUT2D eigenvalue weighted by Gasteiger charge is 2.65. The lowest BCUT2D eigenvalue weighted by Gasteiger charge is -2.39. The molecule has 9 heteroatoms. The molecule has 5 rings (SSSR count). The van der Waals surface area contributed by atoms with E-state index in [1.807, 2.05) is 26.8 Å². The molecule has 0 unspecified atom stereocenters. The SMILES string of the molecule is CCOC(=O)C1=C(N)N(c2ccccc2)C2=C(C(=O)N(CC(C)C)C2=O)[C@]12C(=O)Nc1c(C)cccc12. The third-order valence-electron chi connectivity index (χ3n) is 6.91. The van der Waals surface area contributed by atoms with Crippen molar-refractivity contribution in [3.05, 3.63) is 82.3 Å². The first-order valence-electron chi connectivity index (χ1n) is 12.2. The van der Waals surface area contributed by atoms with Crippen molar-refractivity contribution >= 4 is 35.1 Å². The summed E-state index contributed by atoms with van der Waals surface area (Å²) >= 11 is 0. The zero-order valence-corrected chi connectivity index (χ0v) is 21.1. The topological polar surface area (TPSA) is 122 Å². The van der Waals surface area contributed by atoms with Crippen LogP contribution in [0.25, 0.3) is 0 Å². The van der Waals surface area contributed by atoms with Crippen molar-refractivity contribution in [2.24, 2.45) is 11.7 Å². The predicted octanol–water partition coefficient (Wildman–Crippen LogP) is 2.72. The van der Waals surface area contributed by atoms with Crippen molar-refractivity contribution in [2.75, 3.05) is 23.4 Å². The number of carbonyl (C=O) groups is 4. The van der Waals surface area contributed by atoms with Crippen LogP contribution in [-0.4, -0.2) is 41.7 Å². The van der Waals surface area contributed by atoms with E-state index >= 15 is 0 Å². The minimum atomic E-state index is -1.95. The maximum absolute atomic E-state index is 14.1. The fourth-order valence-electron chi connectivity index (χ4n) is 5.47. The van der Waals surface area contributed by atoms with Crippen molar-refractivity contribution in [1.82, 2.24) is 4.90 Å². The van der Waals surface area contributed by atoms with Crippen LogP contribution in [0.15, 0.2) is 71.2 Å². The van der Waals surface area contributed by atoms with Gasteiger partial charge in [0.1, 0.15) is 22.5 Å². The number of aryl methyl sites for hydroxylation is 1. The van der Waals surface area contributed by atoms with Gasteiger partial charge >= 0.3 is 5.97 Å². The summed E-state index contributed by atoms with van der Waals surface area (Å²) in [5, 5.41) is 2.86. The van der Waals surface area contributed by atoms with Crippen molar-refractivity contribution in [3.8, 4) is 0 Å². The molecule has 0 fully saturated rings. The summed E-state index contributed by atoms with van der Waals surface area (Å²) < 4.78 is 5.40. The van der Waals surface area contributed by atoms with Gasteiger partial charge in [0.15, 0.2) is 0 Å². The lowest BCUT2D eigenvalue weighted by molar-refractivity contribution is -0.140. The largest absolute Gasteiger partial charge is 0.462 e. The third kappa shape index (κ3) is 3.23. The molecule has 1 atom stereocenters. The number of nitrogens with zero attached hydrogens (tertiary/aromatic N) is 2. The molecule has 2 aromatic carbocycles. The van der Waals surface area contributed by atoms with Crippen LogP contribution >= 0.6 is 0 Å². The number of nitrogens with two attached hydrogens (primary N) is 1. The van der Waals surface area contributed by atoms with E-state index in [0.717, 1.165) is 10.5 Å². The van der Waals surface area contributed by atoms with Gasteiger partial charge in [0.05, 0.1) is 12.2 Å². The number of rotatable bonds is 5. The second-order valence-corrected chi connectivity index (χ2v) is 9.69. The van der Waals surface area contributed by atoms with Crippen LogP contribution in [-0.2, 0) is 29.3 Å². The van der Waals surface area contributed by atoms with Gasteiger partial charge in [-0.25, -0.2) is 4.79 Å². The normalized spacial score (nSPS) is 20.7. The minimum absolute atomic E-state index is 0.0254. The lowest BCUT2D eigenvalue weighted by atomic mass is 9.66. The van der Waals surface area contributed by atoms with E-state index in [1.54, 1.807) is 49.4 Å². The Hall–Kier alpha value is -4.40. The van der Waals surface area contributed by atoms with Crippen LogP contribution in [0.2, 0.25) is 0 Å². The Bertz CT molecular complexity index is 1430. The first-order chi connectivity index (χ1) is 17.7. The fourth-order valence-corrected chi connectivity index (χ4v) is 5.47. The number of carbonyl (C=O) groups excluding carboxylic acids is 4. The highest BCUT2D eigenvalue weighted by molar-refractivity contribution is 6.31. The van der Waals surface area contributed by atoms with Gasteiger partial charge in [-0.3, -0.25) is 24.2 Å². The first-order valence-corrected chi connectivity index (χ1v) is 12.2. The summed E-state index contributed by atoms with van der Waals surface area (Å²) in [6.45, 7) is 7.40. The number of hydrogen-bond donors (Lipinski definition) is 2. The van der Waals surface area contributed by atoms with Gasteiger partial charge < -0.3 is 15.8 Å². The van der Waals surface area contributed by atoms with Crippen molar-refractivity contribution in [2.45, 2.75) is 33.1 Å². The number of ether oxygens (including phenoxy) is 1. The summed E-state index contributed by atoms with van der Waals surface area (Å²) in [7, 11) is 0. The molecule has 3 N–H and O–H groups in total. The van der Waals surface area contributed by atoms with E-state index in [-0.39, 0.29) is 41.7 Å². The average molecular weight is 501 g/mol. The molecule has 9 nitrogen and oxygen atoms in total. The van der Waals surface area contributed by atoms with E-state index in [2.05, 4.69) is 5.32 Å². The zero-order chi connectivity index (χ0) is 26.6. The van der Waals surface area contributed by atoms with Crippen LogP contribution in [0, 0.1) is 12.8 Å². The third-order valence-corrected chi connectivity index (χ3v) is 6.91. The maximum Gasteiger partial charge on any atom is 0.339 e. The van der Waals surface area contributed by atoms with Gasteiger partial charge in [-0.05, 0) is 37.5 Å². The number of nitrogens with one attached hydrogen (secondary N) is 1. The number of hydrogen-bond acceptors (Lipinski definition) is 7. The van der Waals surface area contributed by atoms with Gasteiger partial charge in [-0.15, -0.1) is 0 Å². The minimum Gasteiger partial charge on any atom is -0.462 e. The monoisotopic (exact) mass is 500 g/mol. The highest BCUT2D eigenvalue weighted by Crippen LogP contribution is 2.56. The zero-order valence-electron chi connectivity index (χ0n) is 21.1. The smallest absolute Gasteiger partial charge is 0.339 e. The Morgan fingerprint density at radius 2 is 1.76 bits per heavy atom. The van der Waals surface area contributed by atoms with Crippen molar-refractivity contribution in [3.63, 3.8) is 0 Å². The molecule has 3 amide bonds. The van der Waals surface area contributed by atoms with Gasteiger partial charge in [-0.2, -0.15) is 0 Å². The number of fused-ring (bicyclic) bond motifs is 3. The number of amides is 3. The van der Waals surface area contributed by atoms with Gasteiger partial charge in [0.25, 0.3) is 11.8 Å². The molecule has 0 aromatic heterocycles. The molecule has 190 valence electrons. The molecule has 0 aliphatic carbocycles. The Labute approximate surface area is 214 Å². The number of esters is 1. The summed E-state index contributed by atoms with van der Waals surface area (Å²) in [5.74, 6) is -2.84. The maximum atomic E-state index is 14.1. The molecule has 0 saturated heterocycles. The number of imide groups is 1. The van der Waals surface area contributed by atoms with Crippen LogP contribution in [0.1, 0.15) is 31.9 Å². The van der Waals surface area contributed by atoms with E-state index in [0.29, 0.717) is 16.9 Å². The predicted molar refractivity (Wildman–Crippen MR) is 137 cm³/mol. The van der Waals surface area contributed by atoms with Crippen molar-refractivity contribution in [1.29, 1.82) is 0 Å². The molecule has 0 saturated carbocycles. The van der Waals surface area contributed by atoms with Gasteiger partial charge in [0, 0.05) is 23.5 Å². The second kappa shape index (κ2) is 8.62. The summed E-state index contributed by atoms with van der Waals surface area (Å²) in [5.41, 5.74) is 6.53. The quantitative estimate of drug-likeness (QED) is 0.478. The first kappa shape index (κ1) is 24.3. The molecule has 0 bridgehead atoms. The van der Waals surface area contributed by atoms with Crippen LogP contribution < -0.4 is 16.0 Å². The number of anilines is 2. The molecule has 2 aromatic rings. The molecular formula is C28H28N4O5. The van der Waals surface area contributed by atoms with Crippen LogP contribution in [0.5, 0.6) is 0 Å². The Morgan fingerprint density at radius 3 is 2.41 bits per heavy atom. The molecule has 37 heavy (non-hydrogen) atoms. The number of benzene rings is 2. The second-order valence-electron chi connectivity index (χ2n) is 9.69. The van der Waals surface area contributed by atoms with Gasteiger partial charge in [0.2, 0.25) is 5.91 Å². The van der Waals surface area contributed by atoms with E-state index < -0.39 is 29.1 Å².